The summed E-state index contributed by atoms with van der Waals surface area (Å²) in [6, 6.07) is 5.70. The van der Waals surface area contributed by atoms with Crippen molar-refractivity contribution in [3.05, 3.63) is 33.9 Å². The summed E-state index contributed by atoms with van der Waals surface area (Å²) in [6.07, 6.45) is 3.40. The summed E-state index contributed by atoms with van der Waals surface area (Å²) in [6.45, 7) is 3.85. The molecule has 1 aliphatic carbocycles. The first-order valence-electron chi connectivity index (χ1n) is 7.30. The van der Waals surface area contributed by atoms with E-state index in [-0.39, 0.29) is 10.6 Å². The molecule has 2 aliphatic rings. The van der Waals surface area contributed by atoms with Crippen molar-refractivity contribution >= 4 is 11.4 Å². The second-order valence-electron chi connectivity index (χ2n) is 6.18. The lowest BCUT2D eigenvalue weighted by Crippen LogP contribution is -2.32. The number of nitrogens with zero attached hydrogens (tertiary/aromatic N) is 2. The lowest BCUT2D eigenvalue weighted by atomic mass is 9.79. The van der Waals surface area contributed by atoms with Crippen LogP contribution >= 0.6 is 0 Å². The third kappa shape index (κ3) is 2.26. The lowest BCUT2D eigenvalue weighted by Gasteiger charge is -2.27. The monoisotopic (exact) mass is 275 g/mol. The predicted octanol–water partition coefficient (Wildman–Crippen LogP) is 2.47. The molecule has 5 heteroatoms. The van der Waals surface area contributed by atoms with Gasteiger partial charge in [0.15, 0.2) is 0 Å². The van der Waals surface area contributed by atoms with E-state index in [1.54, 1.807) is 12.1 Å². The summed E-state index contributed by atoms with van der Waals surface area (Å²) >= 11 is 0. The average Bonchev–Trinajstić information content (AvgIpc) is 2.81. The number of nitro groups is 1. The van der Waals surface area contributed by atoms with Gasteiger partial charge in [0.2, 0.25) is 0 Å². The van der Waals surface area contributed by atoms with Crippen molar-refractivity contribution in [3.63, 3.8) is 0 Å². The lowest BCUT2D eigenvalue weighted by molar-refractivity contribution is -0.385. The Morgan fingerprint density at radius 1 is 1.30 bits per heavy atom. The van der Waals surface area contributed by atoms with Crippen LogP contribution in [0.3, 0.4) is 0 Å². The smallest absolute Gasteiger partial charge is 0.274 e. The normalized spacial score (nSPS) is 29.3. The fourth-order valence-corrected chi connectivity index (χ4v) is 3.82. The van der Waals surface area contributed by atoms with Gasteiger partial charge in [0.05, 0.1) is 10.5 Å². The van der Waals surface area contributed by atoms with Crippen LogP contribution in [0.15, 0.2) is 18.2 Å². The molecule has 1 aliphatic heterocycles. The minimum atomic E-state index is -0.294. The SMILES string of the molecule is Cc1c(N2C[C@H]3CCC(N)C[C@H]3C2)cccc1[N+](=O)[O-]. The van der Waals surface area contributed by atoms with Gasteiger partial charge in [-0.1, -0.05) is 6.07 Å². The highest BCUT2D eigenvalue weighted by atomic mass is 16.6. The van der Waals surface area contributed by atoms with Crippen molar-refractivity contribution in [2.24, 2.45) is 17.6 Å². The summed E-state index contributed by atoms with van der Waals surface area (Å²) < 4.78 is 0. The van der Waals surface area contributed by atoms with E-state index in [9.17, 15) is 10.1 Å². The minimum absolute atomic E-state index is 0.217. The Bertz CT molecular complexity index is 532. The zero-order chi connectivity index (χ0) is 14.3. The van der Waals surface area contributed by atoms with E-state index in [1.807, 2.05) is 13.0 Å². The van der Waals surface area contributed by atoms with Gasteiger partial charge in [0, 0.05) is 30.9 Å². The minimum Gasteiger partial charge on any atom is -0.371 e. The van der Waals surface area contributed by atoms with Crippen LogP contribution in [0.4, 0.5) is 11.4 Å². The van der Waals surface area contributed by atoms with Crippen LogP contribution in [-0.4, -0.2) is 24.1 Å². The Morgan fingerprint density at radius 2 is 2.05 bits per heavy atom. The third-order valence-corrected chi connectivity index (χ3v) is 4.90. The number of anilines is 1. The Labute approximate surface area is 118 Å². The molecule has 0 radical (unpaired) electrons. The number of nitrogens with two attached hydrogens (primary N) is 1. The quantitative estimate of drug-likeness (QED) is 0.664. The van der Waals surface area contributed by atoms with E-state index >= 15 is 0 Å². The molecule has 0 bridgehead atoms. The largest absolute Gasteiger partial charge is 0.371 e. The van der Waals surface area contributed by atoms with Crippen LogP contribution in [0.2, 0.25) is 0 Å². The maximum Gasteiger partial charge on any atom is 0.274 e. The van der Waals surface area contributed by atoms with Crippen molar-refractivity contribution in [2.45, 2.75) is 32.2 Å². The Kier molecular flexibility index (Phi) is 3.38. The van der Waals surface area contributed by atoms with Crippen LogP contribution in [0.25, 0.3) is 0 Å². The molecular formula is C15H21N3O2. The molecule has 1 aromatic rings. The molecule has 0 spiro atoms. The number of benzene rings is 1. The molecule has 3 atom stereocenters. The van der Waals surface area contributed by atoms with Crippen molar-refractivity contribution < 1.29 is 4.92 Å². The molecule has 0 amide bonds. The molecule has 3 rings (SSSR count). The Balaban J connectivity index is 1.84. The highest BCUT2D eigenvalue weighted by Crippen LogP contribution is 2.39. The van der Waals surface area contributed by atoms with Crippen molar-refractivity contribution in [3.8, 4) is 0 Å². The van der Waals surface area contributed by atoms with Gasteiger partial charge in [-0.15, -0.1) is 0 Å². The first-order valence-corrected chi connectivity index (χ1v) is 7.30. The highest BCUT2D eigenvalue weighted by Gasteiger charge is 2.37. The summed E-state index contributed by atoms with van der Waals surface area (Å²) in [5, 5.41) is 11.1. The molecule has 0 aromatic heterocycles. The van der Waals surface area contributed by atoms with Crippen LogP contribution in [-0.2, 0) is 0 Å². The van der Waals surface area contributed by atoms with Gasteiger partial charge in [-0.05, 0) is 44.1 Å². The molecule has 20 heavy (non-hydrogen) atoms. The van der Waals surface area contributed by atoms with Gasteiger partial charge in [-0.2, -0.15) is 0 Å². The molecular weight excluding hydrogens is 254 g/mol. The Morgan fingerprint density at radius 3 is 2.80 bits per heavy atom. The molecule has 5 nitrogen and oxygen atoms in total. The maximum atomic E-state index is 11.1. The summed E-state index contributed by atoms with van der Waals surface area (Å²) in [5.74, 6) is 1.35. The van der Waals surface area contributed by atoms with Crippen LogP contribution in [0, 0.1) is 28.9 Å². The molecule has 108 valence electrons. The predicted molar refractivity (Wildman–Crippen MR) is 78.9 cm³/mol. The van der Waals surface area contributed by atoms with E-state index in [0.29, 0.717) is 17.9 Å². The molecule has 1 saturated carbocycles. The summed E-state index contributed by atoms with van der Waals surface area (Å²) in [5.41, 5.74) is 8.07. The van der Waals surface area contributed by atoms with E-state index in [4.69, 9.17) is 5.73 Å². The van der Waals surface area contributed by atoms with E-state index < -0.39 is 0 Å². The molecule has 2 fully saturated rings. The average molecular weight is 275 g/mol. The van der Waals surface area contributed by atoms with E-state index in [1.165, 1.54) is 6.42 Å². The standard InChI is InChI=1S/C15H21N3O2/c1-10-14(3-2-4-15(10)18(19)20)17-8-11-5-6-13(16)7-12(11)9-17/h2-4,11-13H,5-9,16H2,1H3/t11-,12+,13?/m1/s1. The van der Waals surface area contributed by atoms with Crippen molar-refractivity contribution in [2.75, 3.05) is 18.0 Å². The topological polar surface area (TPSA) is 72.4 Å². The van der Waals surface area contributed by atoms with Crippen molar-refractivity contribution in [1.82, 2.24) is 0 Å². The number of hydrogen-bond acceptors (Lipinski definition) is 4. The highest BCUT2D eigenvalue weighted by molar-refractivity contribution is 5.62. The molecule has 1 aromatic carbocycles. The van der Waals surface area contributed by atoms with Gasteiger partial charge in [0.1, 0.15) is 0 Å². The maximum absolute atomic E-state index is 11.1. The summed E-state index contributed by atoms with van der Waals surface area (Å²) in [7, 11) is 0. The van der Waals surface area contributed by atoms with E-state index in [0.717, 1.165) is 37.2 Å². The number of hydrogen-bond donors (Lipinski definition) is 1. The first kappa shape index (κ1) is 13.4. The summed E-state index contributed by atoms with van der Waals surface area (Å²) in [4.78, 5) is 13.1. The zero-order valence-electron chi connectivity index (χ0n) is 11.8. The number of rotatable bonds is 2. The van der Waals surface area contributed by atoms with Gasteiger partial charge in [-0.25, -0.2) is 0 Å². The van der Waals surface area contributed by atoms with Gasteiger partial charge < -0.3 is 10.6 Å². The zero-order valence-corrected chi connectivity index (χ0v) is 11.8. The fraction of sp³-hybridized carbons (Fsp3) is 0.600. The van der Waals surface area contributed by atoms with E-state index in [2.05, 4.69) is 4.90 Å². The van der Waals surface area contributed by atoms with Crippen molar-refractivity contribution in [1.29, 1.82) is 0 Å². The fourth-order valence-electron chi connectivity index (χ4n) is 3.82. The second-order valence-corrected chi connectivity index (χ2v) is 6.18. The molecule has 1 saturated heterocycles. The Hall–Kier alpha value is -1.62. The molecule has 1 unspecified atom stereocenters. The second kappa shape index (κ2) is 5.05. The van der Waals surface area contributed by atoms with Gasteiger partial charge in [-0.3, -0.25) is 10.1 Å². The number of fused-ring (bicyclic) bond motifs is 1. The van der Waals surface area contributed by atoms with Crippen LogP contribution < -0.4 is 10.6 Å². The van der Waals surface area contributed by atoms with Crippen LogP contribution in [0.5, 0.6) is 0 Å². The molecule has 2 N–H and O–H groups in total. The van der Waals surface area contributed by atoms with Gasteiger partial charge in [0.25, 0.3) is 5.69 Å². The van der Waals surface area contributed by atoms with Gasteiger partial charge >= 0.3 is 0 Å². The van der Waals surface area contributed by atoms with Crippen LogP contribution in [0.1, 0.15) is 24.8 Å². The molecule has 1 heterocycles. The third-order valence-electron chi connectivity index (χ3n) is 4.90. The first-order chi connectivity index (χ1) is 9.56. The number of nitro benzene ring substituents is 1.